The number of hydrogen-bond acceptors (Lipinski definition) is 4. The van der Waals surface area contributed by atoms with E-state index in [1.165, 1.54) is 12.0 Å². The summed E-state index contributed by atoms with van der Waals surface area (Å²) >= 11 is 0. The van der Waals surface area contributed by atoms with Crippen molar-refractivity contribution in [1.29, 1.82) is 0 Å². The summed E-state index contributed by atoms with van der Waals surface area (Å²) in [5, 5.41) is 3.05. The van der Waals surface area contributed by atoms with Gasteiger partial charge in [0.15, 0.2) is 0 Å². The van der Waals surface area contributed by atoms with Crippen LogP contribution in [0.4, 0.5) is 0 Å². The topological polar surface area (TPSA) is 62.6 Å². The van der Waals surface area contributed by atoms with Crippen molar-refractivity contribution in [3.8, 4) is 0 Å². The maximum Gasteiger partial charge on any atom is 0.349 e. The highest BCUT2D eigenvalue weighted by Crippen LogP contribution is 2.36. The Morgan fingerprint density at radius 3 is 2.46 bits per heavy atom. The van der Waals surface area contributed by atoms with E-state index in [0.717, 1.165) is 56.6 Å². The highest BCUT2D eigenvalue weighted by atomic mass is 16.4. The smallest absolute Gasteiger partial charge is 0.349 e. The molecule has 0 spiro atoms. The van der Waals surface area contributed by atoms with Gasteiger partial charge in [-0.2, -0.15) is 0 Å². The molecule has 1 N–H and O–H groups in total. The lowest BCUT2D eigenvalue weighted by Gasteiger charge is -2.32. The first-order chi connectivity index (χ1) is 13.6. The summed E-state index contributed by atoms with van der Waals surface area (Å²) < 4.78 is 5.46. The van der Waals surface area contributed by atoms with Crippen molar-refractivity contribution < 1.29 is 9.21 Å². The van der Waals surface area contributed by atoms with Gasteiger partial charge < -0.3 is 9.73 Å². The minimum Gasteiger partial charge on any atom is -0.427 e. The van der Waals surface area contributed by atoms with E-state index in [-0.39, 0.29) is 17.5 Å². The van der Waals surface area contributed by atoms with Crippen molar-refractivity contribution in [2.75, 3.05) is 13.1 Å². The fourth-order valence-electron chi connectivity index (χ4n) is 4.13. The van der Waals surface area contributed by atoms with Crippen LogP contribution in [0, 0.1) is 6.92 Å². The van der Waals surface area contributed by atoms with Crippen LogP contribution in [0.15, 0.2) is 45.6 Å². The van der Waals surface area contributed by atoms with Crippen LogP contribution in [0.5, 0.6) is 0 Å². The monoisotopic (exact) mass is 380 g/mol. The first-order valence-electron chi connectivity index (χ1n) is 10.3. The molecule has 4 rings (SSSR count). The van der Waals surface area contributed by atoms with Gasteiger partial charge >= 0.3 is 5.63 Å². The highest BCUT2D eigenvalue weighted by molar-refractivity contribution is 5.95. The molecule has 1 aliphatic carbocycles. The van der Waals surface area contributed by atoms with Crippen LogP contribution in [0.3, 0.4) is 0 Å². The van der Waals surface area contributed by atoms with Gasteiger partial charge in [0.25, 0.3) is 5.91 Å². The Hall–Kier alpha value is -2.40. The van der Waals surface area contributed by atoms with Crippen LogP contribution < -0.4 is 10.9 Å². The molecule has 1 saturated carbocycles. The summed E-state index contributed by atoms with van der Waals surface area (Å²) in [5.74, 6) is 0.782. The van der Waals surface area contributed by atoms with Crippen molar-refractivity contribution in [3.63, 3.8) is 0 Å². The molecule has 2 fully saturated rings. The van der Waals surface area contributed by atoms with E-state index in [9.17, 15) is 9.59 Å². The first-order valence-corrected chi connectivity index (χ1v) is 10.3. The fourth-order valence-corrected chi connectivity index (χ4v) is 4.13. The lowest BCUT2D eigenvalue weighted by atomic mass is 9.83. The third kappa shape index (κ3) is 4.20. The van der Waals surface area contributed by atoms with E-state index in [2.05, 4.69) is 34.5 Å². The normalized spacial score (nSPS) is 18.6. The number of likely N-dealkylation sites (tertiary alicyclic amines) is 1. The minimum atomic E-state index is -0.499. The molecule has 0 radical (unpaired) electrons. The number of rotatable bonds is 5. The molecule has 2 aromatic rings. The summed E-state index contributed by atoms with van der Waals surface area (Å²) in [4.78, 5) is 27.5. The molecule has 1 aliphatic heterocycles. The molecule has 1 aromatic carbocycles. The Morgan fingerprint density at radius 1 is 1.14 bits per heavy atom. The second-order valence-corrected chi connectivity index (χ2v) is 8.13. The van der Waals surface area contributed by atoms with Crippen molar-refractivity contribution in [2.45, 2.75) is 57.5 Å². The largest absolute Gasteiger partial charge is 0.427 e. The molecule has 2 aliphatic rings. The Kier molecular flexibility index (Phi) is 5.62. The van der Waals surface area contributed by atoms with Crippen molar-refractivity contribution in [3.05, 3.63) is 69.3 Å². The second-order valence-electron chi connectivity index (χ2n) is 8.13. The number of amides is 1. The summed E-state index contributed by atoms with van der Waals surface area (Å²) in [6.07, 6.45) is 5.09. The molecule has 5 nitrogen and oxygen atoms in total. The number of carbonyl (C=O) groups excluding carboxylic acids is 1. The highest BCUT2D eigenvalue weighted by Gasteiger charge is 2.27. The van der Waals surface area contributed by atoms with Gasteiger partial charge in [-0.15, -0.1) is 0 Å². The molecular formula is C23H28N2O3. The molecule has 1 aromatic heterocycles. The SMILES string of the molecule is Cc1cc(C2CCC2)oc(=O)c1C(=O)NC1CCN(Cc2ccccc2)CC1. The molecule has 1 amide bonds. The van der Waals surface area contributed by atoms with E-state index in [1.54, 1.807) is 0 Å². The molecule has 148 valence electrons. The zero-order valence-electron chi connectivity index (χ0n) is 16.4. The molecule has 0 atom stereocenters. The summed E-state index contributed by atoms with van der Waals surface area (Å²) in [6.45, 7) is 4.64. The van der Waals surface area contributed by atoms with Crippen molar-refractivity contribution >= 4 is 5.91 Å². The summed E-state index contributed by atoms with van der Waals surface area (Å²) in [7, 11) is 0. The van der Waals surface area contributed by atoms with Crippen LogP contribution in [0.1, 0.15) is 65.3 Å². The second kappa shape index (κ2) is 8.31. The molecule has 5 heteroatoms. The summed E-state index contributed by atoms with van der Waals surface area (Å²) in [6, 6.07) is 12.4. The molecule has 2 heterocycles. The van der Waals surface area contributed by atoms with Gasteiger partial charge in [-0.1, -0.05) is 36.8 Å². The van der Waals surface area contributed by atoms with E-state index >= 15 is 0 Å². The van der Waals surface area contributed by atoms with Gasteiger partial charge in [-0.3, -0.25) is 9.69 Å². The lowest BCUT2D eigenvalue weighted by molar-refractivity contribution is 0.0903. The standard InChI is InChI=1S/C23H28N2O3/c1-16-14-20(18-8-5-9-18)28-23(27)21(16)22(26)24-19-10-12-25(13-11-19)15-17-6-3-2-4-7-17/h2-4,6-7,14,18-19H,5,8-13,15H2,1H3,(H,24,26). The van der Waals surface area contributed by atoms with Crippen LogP contribution in [-0.2, 0) is 6.54 Å². The number of carbonyl (C=O) groups is 1. The quantitative estimate of drug-likeness (QED) is 0.861. The molecule has 1 saturated heterocycles. The Balaban J connectivity index is 1.34. The lowest BCUT2D eigenvalue weighted by Crippen LogP contribution is -2.45. The van der Waals surface area contributed by atoms with Crippen LogP contribution in [0.2, 0.25) is 0 Å². The maximum absolute atomic E-state index is 12.7. The molecule has 0 unspecified atom stereocenters. The van der Waals surface area contributed by atoms with Crippen molar-refractivity contribution in [1.82, 2.24) is 10.2 Å². The van der Waals surface area contributed by atoms with Crippen molar-refractivity contribution in [2.24, 2.45) is 0 Å². The van der Waals surface area contributed by atoms with Gasteiger partial charge in [0, 0.05) is 31.6 Å². The third-order valence-electron chi connectivity index (χ3n) is 6.07. The Labute approximate surface area is 165 Å². The number of piperidine rings is 1. The predicted octanol–water partition coefficient (Wildman–Crippen LogP) is 3.61. The Bertz CT molecular complexity index is 878. The Morgan fingerprint density at radius 2 is 1.86 bits per heavy atom. The number of nitrogens with one attached hydrogen (secondary N) is 1. The van der Waals surface area contributed by atoms with Gasteiger partial charge in [0.05, 0.1) is 0 Å². The fraction of sp³-hybridized carbons (Fsp3) is 0.478. The van der Waals surface area contributed by atoms with Gasteiger partial charge in [0.2, 0.25) is 0 Å². The van der Waals surface area contributed by atoms with E-state index in [0.29, 0.717) is 5.92 Å². The minimum absolute atomic E-state index is 0.102. The first kappa shape index (κ1) is 18.9. The number of aryl methyl sites for hydroxylation is 1. The van der Waals surface area contributed by atoms with Gasteiger partial charge in [-0.05, 0) is 49.8 Å². The van der Waals surface area contributed by atoms with Crippen LogP contribution >= 0.6 is 0 Å². The van der Waals surface area contributed by atoms with E-state index in [4.69, 9.17) is 4.42 Å². The average Bonchev–Trinajstić information content (AvgIpc) is 2.62. The maximum atomic E-state index is 12.7. The number of hydrogen-bond donors (Lipinski definition) is 1. The van der Waals surface area contributed by atoms with E-state index in [1.807, 2.05) is 19.1 Å². The number of benzene rings is 1. The van der Waals surface area contributed by atoms with Crippen LogP contribution in [-0.4, -0.2) is 29.9 Å². The molecule has 0 bridgehead atoms. The average molecular weight is 380 g/mol. The predicted molar refractivity (Wildman–Crippen MR) is 109 cm³/mol. The zero-order chi connectivity index (χ0) is 19.5. The van der Waals surface area contributed by atoms with Gasteiger partial charge in [0.1, 0.15) is 11.3 Å². The zero-order valence-corrected chi connectivity index (χ0v) is 16.4. The van der Waals surface area contributed by atoms with Crippen LogP contribution in [0.25, 0.3) is 0 Å². The third-order valence-corrected chi connectivity index (χ3v) is 6.07. The number of nitrogens with zero attached hydrogens (tertiary/aromatic N) is 1. The van der Waals surface area contributed by atoms with Gasteiger partial charge in [-0.25, -0.2) is 4.79 Å². The molecule has 28 heavy (non-hydrogen) atoms. The molecular weight excluding hydrogens is 352 g/mol. The summed E-state index contributed by atoms with van der Waals surface area (Å²) in [5.41, 5.74) is 1.69. The van der Waals surface area contributed by atoms with E-state index < -0.39 is 5.63 Å².